The van der Waals surface area contributed by atoms with Crippen LogP contribution in [0, 0.1) is 0 Å². The lowest BCUT2D eigenvalue weighted by Crippen LogP contribution is -2.31. The Labute approximate surface area is 120 Å². The highest BCUT2D eigenvalue weighted by Gasteiger charge is 2.15. The third-order valence-corrected chi connectivity index (χ3v) is 3.15. The van der Waals surface area contributed by atoms with Gasteiger partial charge in [0.25, 0.3) is 5.91 Å². The summed E-state index contributed by atoms with van der Waals surface area (Å²) in [6.45, 7) is 3.46. The third-order valence-electron chi connectivity index (χ3n) is 3.15. The van der Waals surface area contributed by atoms with Crippen molar-refractivity contribution in [2.45, 2.75) is 19.9 Å². The molecule has 0 atom stereocenters. The number of rotatable bonds is 5. The molecular formula is C17H20N2O. The number of carbonyl (C=O) groups excluding carboxylic acids is 1. The molecule has 0 saturated carbocycles. The number of nitrogens with two attached hydrogens (primary N) is 1. The lowest BCUT2D eigenvalue weighted by molar-refractivity contribution is 0.0743. The first kappa shape index (κ1) is 14.1. The second kappa shape index (κ2) is 6.75. The highest BCUT2D eigenvalue weighted by molar-refractivity contribution is 5.94. The summed E-state index contributed by atoms with van der Waals surface area (Å²) in [6.07, 6.45) is 0.938. The minimum Gasteiger partial charge on any atom is -0.399 e. The molecule has 1 amide bonds. The second-order valence-electron chi connectivity index (χ2n) is 4.83. The van der Waals surface area contributed by atoms with Crippen LogP contribution >= 0.6 is 0 Å². The van der Waals surface area contributed by atoms with E-state index in [9.17, 15) is 4.79 Å². The van der Waals surface area contributed by atoms with Crippen LogP contribution in [0.4, 0.5) is 5.69 Å². The van der Waals surface area contributed by atoms with Crippen LogP contribution in [0.3, 0.4) is 0 Å². The summed E-state index contributed by atoms with van der Waals surface area (Å²) in [6, 6.07) is 17.1. The molecule has 0 aliphatic rings. The van der Waals surface area contributed by atoms with E-state index in [1.807, 2.05) is 35.2 Å². The van der Waals surface area contributed by atoms with Crippen LogP contribution in [0.25, 0.3) is 0 Å². The van der Waals surface area contributed by atoms with Crippen LogP contribution < -0.4 is 5.73 Å². The number of anilines is 1. The molecule has 0 saturated heterocycles. The van der Waals surface area contributed by atoms with Crippen LogP contribution in [-0.2, 0) is 6.54 Å². The maximum atomic E-state index is 12.5. The maximum Gasteiger partial charge on any atom is 0.254 e. The minimum atomic E-state index is 0.0516. The Bertz CT molecular complexity index is 549. The zero-order valence-electron chi connectivity index (χ0n) is 11.8. The monoisotopic (exact) mass is 268 g/mol. The first-order chi connectivity index (χ1) is 9.70. The maximum absolute atomic E-state index is 12.5. The van der Waals surface area contributed by atoms with E-state index in [4.69, 9.17) is 5.73 Å². The second-order valence-corrected chi connectivity index (χ2v) is 4.83. The fourth-order valence-electron chi connectivity index (χ4n) is 2.13. The predicted molar refractivity (Wildman–Crippen MR) is 82.3 cm³/mol. The van der Waals surface area contributed by atoms with Crippen LogP contribution in [0.5, 0.6) is 0 Å². The van der Waals surface area contributed by atoms with Gasteiger partial charge in [0, 0.05) is 24.3 Å². The van der Waals surface area contributed by atoms with E-state index in [1.54, 1.807) is 24.3 Å². The molecule has 0 bridgehead atoms. The first-order valence-corrected chi connectivity index (χ1v) is 6.89. The normalized spacial score (nSPS) is 10.2. The molecule has 0 fully saturated rings. The largest absolute Gasteiger partial charge is 0.399 e. The summed E-state index contributed by atoms with van der Waals surface area (Å²) in [4.78, 5) is 14.4. The van der Waals surface area contributed by atoms with Gasteiger partial charge in [-0.05, 0) is 36.2 Å². The summed E-state index contributed by atoms with van der Waals surface area (Å²) < 4.78 is 0. The van der Waals surface area contributed by atoms with Crippen LogP contribution in [0.15, 0.2) is 54.6 Å². The number of nitrogen functional groups attached to an aromatic ring is 1. The molecule has 0 aliphatic heterocycles. The Morgan fingerprint density at radius 2 is 1.70 bits per heavy atom. The molecular weight excluding hydrogens is 248 g/mol. The topological polar surface area (TPSA) is 46.3 Å². The summed E-state index contributed by atoms with van der Waals surface area (Å²) in [7, 11) is 0. The summed E-state index contributed by atoms with van der Waals surface area (Å²) in [5.41, 5.74) is 8.16. The Hall–Kier alpha value is -2.29. The zero-order valence-corrected chi connectivity index (χ0v) is 11.8. The molecule has 104 valence electrons. The molecule has 0 unspecified atom stereocenters. The summed E-state index contributed by atoms with van der Waals surface area (Å²) >= 11 is 0. The molecule has 0 radical (unpaired) electrons. The molecule has 2 N–H and O–H groups in total. The Kier molecular flexibility index (Phi) is 4.77. The molecule has 0 aliphatic carbocycles. The van der Waals surface area contributed by atoms with Gasteiger partial charge in [-0.15, -0.1) is 0 Å². The van der Waals surface area contributed by atoms with Gasteiger partial charge in [0.1, 0.15) is 0 Å². The fourth-order valence-corrected chi connectivity index (χ4v) is 2.13. The van der Waals surface area contributed by atoms with Gasteiger partial charge >= 0.3 is 0 Å². The number of hydrogen-bond donors (Lipinski definition) is 1. The Morgan fingerprint density at radius 1 is 1.05 bits per heavy atom. The highest BCUT2D eigenvalue weighted by atomic mass is 16.2. The molecule has 2 rings (SSSR count). The van der Waals surface area contributed by atoms with Crippen molar-refractivity contribution < 1.29 is 4.79 Å². The molecule has 0 aromatic heterocycles. The number of benzene rings is 2. The number of amides is 1. The van der Waals surface area contributed by atoms with Gasteiger partial charge in [0.15, 0.2) is 0 Å². The van der Waals surface area contributed by atoms with Crippen molar-refractivity contribution in [2.75, 3.05) is 12.3 Å². The zero-order chi connectivity index (χ0) is 14.4. The first-order valence-electron chi connectivity index (χ1n) is 6.89. The van der Waals surface area contributed by atoms with E-state index in [-0.39, 0.29) is 5.91 Å². The van der Waals surface area contributed by atoms with E-state index in [1.165, 1.54) is 0 Å². The average molecular weight is 268 g/mol. The summed E-state index contributed by atoms with van der Waals surface area (Å²) in [5, 5.41) is 0. The van der Waals surface area contributed by atoms with Crippen molar-refractivity contribution in [1.82, 2.24) is 4.90 Å². The van der Waals surface area contributed by atoms with Crippen molar-refractivity contribution in [3.8, 4) is 0 Å². The third kappa shape index (κ3) is 3.60. The van der Waals surface area contributed by atoms with Crippen molar-refractivity contribution in [1.29, 1.82) is 0 Å². The molecule has 2 aromatic carbocycles. The van der Waals surface area contributed by atoms with Crippen molar-refractivity contribution in [3.05, 3.63) is 65.7 Å². The summed E-state index contributed by atoms with van der Waals surface area (Å²) in [5.74, 6) is 0.0516. The SMILES string of the molecule is CCCN(Cc1ccccc1)C(=O)c1ccc(N)cc1. The van der Waals surface area contributed by atoms with Crippen LogP contribution in [0.2, 0.25) is 0 Å². The standard InChI is InChI=1S/C17H20N2O/c1-2-12-19(13-14-6-4-3-5-7-14)17(20)15-8-10-16(18)11-9-15/h3-11H,2,12-13,18H2,1H3. The van der Waals surface area contributed by atoms with E-state index in [2.05, 4.69) is 6.92 Å². The molecule has 20 heavy (non-hydrogen) atoms. The van der Waals surface area contributed by atoms with Gasteiger partial charge in [-0.2, -0.15) is 0 Å². The van der Waals surface area contributed by atoms with Crippen LogP contribution in [0.1, 0.15) is 29.3 Å². The lowest BCUT2D eigenvalue weighted by atomic mass is 10.1. The number of hydrogen-bond acceptors (Lipinski definition) is 2. The lowest BCUT2D eigenvalue weighted by Gasteiger charge is -2.22. The quantitative estimate of drug-likeness (QED) is 0.845. The highest BCUT2D eigenvalue weighted by Crippen LogP contribution is 2.12. The van der Waals surface area contributed by atoms with E-state index >= 15 is 0 Å². The molecule has 0 spiro atoms. The van der Waals surface area contributed by atoms with Gasteiger partial charge in [-0.1, -0.05) is 37.3 Å². The van der Waals surface area contributed by atoms with Gasteiger partial charge in [0.05, 0.1) is 0 Å². The van der Waals surface area contributed by atoms with E-state index in [0.717, 1.165) is 18.5 Å². The van der Waals surface area contributed by atoms with Crippen molar-refractivity contribution >= 4 is 11.6 Å². The van der Waals surface area contributed by atoms with E-state index < -0.39 is 0 Å². The number of carbonyl (C=O) groups is 1. The Morgan fingerprint density at radius 3 is 2.30 bits per heavy atom. The molecule has 2 aromatic rings. The molecule has 3 heteroatoms. The molecule has 0 heterocycles. The number of nitrogens with zero attached hydrogens (tertiary/aromatic N) is 1. The predicted octanol–water partition coefficient (Wildman–Crippen LogP) is 3.32. The van der Waals surface area contributed by atoms with Gasteiger partial charge in [-0.3, -0.25) is 4.79 Å². The minimum absolute atomic E-state index is 0.0516. The Balaban J connectivity index is 2.15. The average Bonchev–Trinajstić information content (AvgIpc) is 2.48. The van der Waals surface area contributed by atoms with Crippen molar-refractivity contribution in [3.63, 3.8) is 0 Å². The van der Waals surface area contributed by atoms with E-state index in [0.29, 0.717) is 17.8 Å². The van der Waals surface area contributed by atoms with Gasteiger partial charge in [-0.25, -0.2) is 0 Å². The van der Waals surface area contributed by atoms with Crippen molar-refractivity contribution in [2.24, 2.45) is 0 Å². The van der Waals surface area contributed by atoms with Crippen LogP contribution in [-0.4, -0.2) is 17.4 Å². The molecule has 3 nitrogen and oxygen atoms in total. The fraction of sp³-hybridized carbons (Fsp3) is 0.235. The van der Waals surface area contributed by atoms with Gasteiger partial charge in [0.2, 0.25) is 0 Å². The smallest absolute Gasteiger partial charge is 0.254 e. The van der Waals surface area contributed by atoms with Gasteiger partial charge < -0.3 is 10.6 Å².